The number of hydroxylamine groups is 1. The lowest BCUT2D eigenvalue weighted by atomic mass is 9.98. The molecule has 10 heteroatoms. The molecule has 1 fully saturated rings. The van der Waals surface area contributed by atoms with Gasteiger partial charge in [0, 0.05) is 5.92 Å². The van der Waals surface area contributed by atoms with E-state index in [1.54, 1.807) is 0 Å². The molecular weight excluding hydrogens is 438 g/mol. The molecule has 0 radical (unpaired) electrons. The van der Waals surface area contributed by atoms with Crippen molar-refractivity contribution in [3.63, 3.8) is 0 Å². The fourth-order valence-corrected chi connectivity index (χ4v) is 3.85. The minimum atomic E-state index is -4.03. The first-order chi connectivity index (χ1) is 15.8. The minimum absolute atomic E-state index is 0.0670. The molecule has 8 nitrogen and oxygen atoms in total. The van der Waals surface area contributed by atoms with E-state index in [0.717, 1.165) is 22.3 Å². The van der Waals surface area contributed by atoms with Crippen LogP contribution in [-0.2, 0) is 19.2 Å². The summed E-state index contributed by atoms with van der Waals surface area (Å²) in [5, 5.41) is 10.9. The predicted octanol–water partition coefficient (Wildman–Crippen LogP) is 3.07. The molecule has 2 aromatic rings. The van der Waals surface area contributed by atoms with Crippen LogP contribution < -0.4 is 10.8 Å². The van der Waals surface area contributed by atoms with E-state index >= 15 is 0 Å². The molecule has 0 bridgehead atoms. The molecule has 0 heterocycles. The topological polar surface area (TPSA) is 114 Å². The van der Waals surface area contributed by atoms with Crippen molar-refractivity contribution in [2.75, 3.05) is 13.2 Å². The van der Waals surface area contributed by atoms with Crippen LogP contribution in [0.2, 0.25) is 0 Å². The average Bonchev–Trinajstić information content (AvgIpc) is 3.58. The molecule has 2 aliphatic carbocycles. The van der Waals surface area contributed by atoms with Gasteiger partial charge < -0.3 is 15.2 Å². The maximum atomic E-state index is 14.1. The Morgan fingerprint density at radius 3 is 2.15 bits per heavy atom. The van der Waals surface area contributed by atoms with Gasteiger partial charge >= 0.3 is 23.9 Å². The third kappa shape index (κ3) is 4.95. The Morgan fingerprint density at radius 1 is 1.03 bits per heavy atom. The summed E-state index contributed by atoms with van der Waals surface area (Å²) in [7, 11) is 0. The van der Waals surface area contributed by atoms with Crippen LogP contribution in [-0.4, -0.2) is 48.3 Å². The number of halogens is 2. The zero-order valence-corrected chi connectivity index (χ0v) is 17.4. The summed E-state index contributed by atoms with van der Waals surface area (Å²) in [6.45, 7) is -1.40. The summed E-state index contributed by atoms with van der Waals surface area (Å²) < 4.78 is 33.3. The maximum absolute atomic E-state index is 14.1. The second kappa shape index (κ2) is 9.14. The van der Waals surface area contributed by atoms with Crippen molar-refractivity contribution in [3.8, 4) is 11.1 Å². The molecule has 33 heavy (non-hydrogen) atoms. The smallest absolute Gasteiger partial charge is 0.407 e. The molecule has 3 N–H and O–H groups in total. The molecule has 1 unspecified atom stereocenters. The van der Waals surface area contributed by atoms with Gasteiger partial charge in [0.25, 0.3) is 0 Å². The predicted molar refractivity (Wildman–Crippen MR) is 111 cm³/mol. The first kappa shape index (κ1) is 22.7. The number of carbonyl (C=O) groups excluding carboxylic acids is 2. The molecule has 2 amide bonds. The lowest BCUT2D eigenvalue weighted by molar-refractivity contribution is -0.173. The number of hydrogen-bond acceptors (Lipinski definition) is 5. The Kier molecular flexibility index (Phi) is 6.28. The minimum Gasteiger partial charge on any atom is -0.479 e. The van der Waals surface area contributed by atoms with E-state index in [1.807, 2.05) is 53.8 Å². The largest absolute Gasteiger partial charge is 0.479 e. The number of carbonyl (C=O) groups is 3. The first-order valence-corrected chi connectivity index (χ1v) is 10.4. The summed E-state index contributed by atoms with van der Waals surface area (Å²) in [5.41, 5.74) is 5.47. The number of hydrogen-bond donors (Lipinski definition) is 3. The summed E-state index contributed by atoms with van der Waals surface area (Å²) >= 11 is 0. The maximum Gasteiger partial charge on any atom is 0.407 e. The standard InChI is InChI=1S/C23H22F2N2O6/c24-23(25,21(30)27-33-19(20(28)29)13-9-10-13)12-26-22(31)32-11-18-16-7-3-1-5-14(16)15-6-2-4-8-17(15)18/h1-8,13,18-19H,9-12H2,(H,26,31)(H,27,30)(H,28,29). The number of nitrogens with one attached hydrogen (secondary N) is 2. The average molecular weight is 460 g/mol. The van der Waals surface area contributed by atoms with Crippen molar-refractivity contribution in [1.82, 2.24) is 10.8 Å². The van der Waals surface area contributed by atoms with Gasteiger partial charge in [-0.25, -0.2) is 15.1 Å². The molecule has 0 spiro atoms. The van der Waals surface area contributed by atoms with Crippen LogP contribution in [0.4, 0.5) is 13.6 Å². The van der Waals surface area contributed by atoms with Gasteiger partial charge in [-0.05, 0) is 41.0 Å². The molecule has 0 saturated heterocycles. The Labute approximate surface area is 187 Å². The van der Waals surface area contributed by atoms with Gasteiger partial charge in [-0.3, -0.25) is 9.63 Å². The van der Waals surface area contributed by atoms with Gasteiger partial charge in [-0.1, -0.05) is 48.5 Å². The van der Waals surface area contributed by atoms with Crippen LogP contribution in [0.3, 0.4) is 0 Å². The van der Waals surface area contributed by atoms with E-state index in [4.69, 9.17) is 9.84 Å². The molecule has 1 atom stereocenters. The number of ether oxygens (including phenoxy) is 1. The number of alkyl carbamates (subject to hydrolysis) is 1. The molecule has 1 saturated carbocycles. The van der Waals surface area contributed by atoms with Crippen LogP contribution >= 0.6 is 0 Å². The number of amides is 2. The summed E-state index contributed by atoms with van der Waals surface area (Å²) in [6.07, 6.45) is -1.34. The highest BCUT2D eigenvalue weighted by Gasteiger charge is 2.43. The Hall–Kier alpha value is -3.53. The van der Waals surface area contributed by atoms with E-state index in [9.17, 15) is 23.2 Å². The van der Waals surface area contributed by atoms with Crippen LogP contribution in [0.1, 0.15) is 29.9 Å². The number of benzene rings is 2. The van der Waals surface area contributed by atoms with E-state index in [1.165, 1.54) is 5.48 Å². The van der Waals surface area contributed by atoms with Crippen LogP contribution in [0.15, 0.2) is 48.5 Å². The molecule has 2 aromatic carbocycles. The Balaban J connectivity index is 1.28. The van der Waals surface area contributed by atoms with E-state index in [-0.39, 0.29) is 18.4 Å². The number of carboxylic acids is 1. The summed E-state index contributed by atoms with van der Waals surface area (Å²) in [4.78, 5) is 39.5. The quantitative estimate of drug-likeness (QED) is 0.496. The highest BCUT2D eigenvalue weighted by atomic mass is 19.3. The van der Waals surface area contributed by atoms with Crippen LogP contribution in [0, 0.1) is 5.92 Å². The number of fused-ring (bicyclic) bond motifs is 3. The van der Waals surface area contributed by atoms with Crippen molar-refractivity contribution >= 4 is 18.0 Å². The van der Waals surface area contributed by atoms with Gasteiger partial charge in [0.1, 0.15) is 6.61 Å². The monoisotopic (exact) mass is 460 g/mol. The fourth-order valence-electron chi connectivity index (χ4n) is 3.85. The third-order valence-corrected chi connectivity index (χ3v) is 5.70. The van der Waals surface area contributed by atoms with E-state index < -0.39 is 36.5 Å². The van der Waals surface area contributed by atoms with Gasteiger partial charge in [0.2, 0.25) is 0 Å². The molecule has 174 valence electrons. The van der Waals surface area contributed by atoms with Gasteiger partial charge in [0.05, 0.1) is 6.54 Å². The molecule has 2 aliphatic rings. The molecule has 0 aliphatic heterocycles. The number of carboxylic acid groups (broad SMARTS) is 1. The normalized spacial score (nSPS) is 15.8. The van der Waals surface area contributed by atoms with Crippen molar-refractivity contribution in [1.29, 1.82) is 0 Å². The second-order valence-corrected chi connectivity index (χ2v) is 8.03. The summed E-state index contributed by atoms with van der Waals surface area (Å²) in [5.74, 6) is -7.80. The number of aliphatic carboxylic acids is 1. The van der Waals surface area contributed by atoms with Crippen molar-refractivity contribution < 1.29 is 37.8 Å². The van der Waals surface area contributed by atoms with Gasteiger partial charge in [0.15, 0.2) is 6.10 Å². The Bertz CT molecular complexity index is 1030. The zero-order valence-electron chi connectivity index (χ0n) is 17.4. The first-order valence-electron chi connectivity index (χ1n) is 10.4. The SMILES string of the molecule is O=C(NCC(F)(F)C(=O)NOC(C(=O)O)C1CC1)OCC1c2ccccc2-c2ccccc21. The molecule has 4 rings (SSSR count). The van der Waals surface area contributed by atoms with E-state index in [2.05, 4.69) is 4.84 Å². The lowest BCUT2D eigenvalue weighted by Gasteiger charge is -2.19. The van der Waals surface area contributed by atoms with Gasteiger partial charge in [-0.15, -0.1) is 0 Å². The highest BCUT2D eigenvalue weighted by Crippen LogP contribution is 2.44. The second-order valence-electron chi connectivity index (χ2n) is 8.03. The molecule has 0 aromatic heterocycles. The highest BCUT2D eigenvalue weighted by molar-refractivity contribution is 5.84. The van der Waals surface area contributed by atoms with Crippen LogP contribution in [0.5, 0.6) is 0 Å². The Morgan fingerprint density at radius 2 is 1.61 bits per heavy atom. The van der Waals surface area contributed by atoms with Crippen molar-refractivity contribution in [3.05, 3.63) is 59.7 Å². The third-order valence-electron chi connectivity index (χ3n) is 5.70. The van der Waals surface area contributed by atoms with E-state index in [0.29, 0.717) is 12.8 Å². The fraction of sp³-hybridized carbons (Fsp3) is 0.348. The zero-order chi connectivity index (χ0) is 23.6. The van der Waals surface area contributed by atoms with Crippen molar-refractivity contribution in [2.24, 2.45) is 5.92 Å². The van der Waals surface area contributed by atoms with Gasteiger partial charge in [-0.2, -0.15) is 8.78 Å². The number of alkyl halides is 2. The summed E-state index contributed by atoms with van der Waals surface area (Å²) in [6, 6.07) is 15.3. The van der Waals surface area contributed by atoms with Crippen LogP contribution in [0.25, 0.3) is 11.1 Å². The van der Waals surface area contributed by atoms with Crippen molar-refractivity contribution in [2.45, 2.75) is 30.8 Å². The molecular formula is C23H22F2N2O6. The number of rotatable bonds is 9. The lowest BCUT2D eigenvalue weighted by Crippen LogP contribution is -2.49.